The van der Waals surface area contributed by atoms with E-state index in [9.17, 15) is 5.11 Å². The zero-order chi connectivity index (χ0) is 11.5. The zero-order valence-electron chi connectivity index (χ0n) is 9.77. The van der Waals surface area contributed by atoms with E-state index < -0.39 is 0 Å². The highest BCUT2D eigenvalue weighted by Crippen LogP contribution is 2.45. The lowest BCUT2D eigenvalue weighted by Gasteiger charge is -2.18. The predicted octanol–water partition coefficient (Wildman–Crippen LogP) is 2.19. The summed E-state index contributed by atoms with van der Waals surface area (Å²) in [5, 5.41) is 9.48. The summed E-state index contributed by atoms with van der Waals surface area (Å²) in [6.45, 7) is 0.175. The number of hydrogen-bond donors (Lipinski definition) is 1. The molecule has 3 heteroatoms. The Morgan fingerprint density at radius 2 is 2.06 bits per heavy atom. The Kier molecular flexibility index (Phi) is 3.34. The summed E-state index contributed by atoms with van der Waals surface area (Å²) < 4.78 is 10.6. The highest BCUT2D eigenvalue weighted by molar-refractivity contribution is 5.43. The minimum atomic E-state index is 0.175. The molecular weight excluding hydrogens is 204 g/mol. The quantitative estimate of drug-likeness (QED) is 0.830. The van der Waals surface area contributed by atoms with Crippen LogP contribution in [0.3, 0.4) is 0 Å². The first-order valence-corrected chi connectivity index (χ1v) is 5.63. The molecule has 1 saturated carbocycles. The molecule has 0 bridgehead atoms. The molecule has 0 aromatic heterocycles. The Balaban J connectivity index is 2.34. The third-order valence-electron chi connectivity index (χ3n) is 3.22. The van der Waals surface area contributed by atoms with Gasteiger partial charge in [0.25, 0.3) is 0 Å². The second kappa shape index (κ2) is 4.74. The van der Waals surface area contributed by atoms with Crippen molar-refractivity contribution in [3.05, 3.63) is 23.8 Å². The fraction of sp³-hybridized carbons (Fsp3) is 0.538. The number of ether oxygens (including phenoxy) is 2. The fourth-order valence-electron chi connectivity index (χ4n) is 2.13. The summed E-state index contributed by atoms with van der Waals surface area (Å²) in [6, 6.07) is 5.75. The van der Waals surface area contributed by atoms with Crippen LogP contribution in [0.15, 0.2) is 18.2 Å². The SMILES string of the molecule is COc1ccc(OC)c(C(CO)C2CC2)c1. The second-order valence-electron chi connectivity index (χ2n) is 4.23. The molecule has 2 rings (SSSR count). The standard InChI is InChI=1S/C13H18O3/c1-15-10-5-6-13(16-2)11(7-10)12(8-14)9-3-4-9/h5-7,9,12,14H,3-4,8H2,1-2H3. The van der Waals surface area contributed by atoms with Crippen LogP contribution in [0.1, 0.15) is 24.3 Å². The minimum Gasteiger partial charge on any atom is -0.497 e. The van der Waals surface area contributed by atoms with Gasteiger partial charge in [-0.1, -0.05) is 0 Å². The van der Waals surface area contributed by atoms with Crippen LogP contribution >= 0.6 is 0 Å². The van der Waals surface area contributed by atoms with Crippen LogP contribution in [-0.2, 0) is 0 Å². The van der Waals surface area contributed by atoms with Crippen LogP contribution in [0.25, 0.3) is 0 Å². The van der Waals surface area contributed by atoms with Crippen LogP contribution in [-0.4, -0.2) is 25.9 Å². The molecule has 0 radical (unpaired) electrons. The van der Waals surface area contributed by atoms with E-state index >= 15 is 0 Å². The van der Waals surface area contributed by atoms with E-state index in [0.29, 0.717) is 5.92 Å². The van der Waals surface area contributed by atoms with Gasteiger partial charge in [0.05, 0.1) is 20.8 Å². The van der Waals surface area contributed by atoms with Gasteiger partial charge in [-0.05, 0) is 37.0 Å². The highest BCUT2D eigenvalue weighted by Gasteiger charge is 2.33. The van der Waals surface area contributed by atoms with Crippen molar-refractivity contribution in [1.82, 2.24) is 0 Å². The van der Waals surface area contributed by atoms with Crippen molar-refractivity contribution in [3.8, 4) is 11.5 Å². The van der Waals surface area contributed by atoms with Gasteiger partial charge in [-0.15, -0.1) is 0 Å². The van der Waals surface area contributed by atoms with Gasteiger partial charge in [0.2, 0.25) is 0 Å². The van der Waals surface area contributed by atoms with Crippen molar-refractivity contribution in [1.29, 1.82) is 0 Å². The average Bonchev–Trinajstić information content (AvgIpc) is 3.14. The Morgan fingerprint density at radius 1 is 1.31 bits per heavy atom. The monoisotopic (exact) mass is 222 g/mol. The molecular formula is C13H18O3. The molecule has 1 aromatic rings. The van der Waals surface area contributed by atoms with Crippen LogP contribution < -0.4 is 9.47 Å². The fourth-order valence-corrected chi connectivity index (χ4v) is 2.13. The summed E-state index contributed by atoms with van der Waals surface area (Å²) in [5.74, 6) is 2.44. The Hall–Kier alpha value is -1.22. The van der Waals surface area contributed by atoms with E-state index in [-0.39, 0.29) is 12.5 Å². The molecule has 1 atom stereocenters. The molecule has 0 aliphatic heterocycles. The van der Waals surface area contributed by atoms with E-state index in [1.165, 1.54) is 12.8 Å². The average molecular weight is 222 g/mol. The maximum absolute atomic E-state index is 9.48. The zero-order valence-corrected chi connectivity index (χ0v) is 9.77. The number of aliphatic hydroxyl groups is 1. The lowest BCUT2D eigenvalue weighted by Crippen LogP contribution is -2.08. The van der Waals surface area contributed by atoms with Gasteiger partial charge < -0.3 is 14.6 Å². The lowest BCUT2D eigenvalue weighted by molar-refractivity contribution is 0.249. The number of rotatable bonds is 5. The molecule has 1 aliphatic rings. The molecule has 0 spiro atoms. The normalized spacial score (nSPS) is 16.9. The first-order chi connectivity index (χ1) is 7.80. The van der Waals surface area contributed by atoms with Gasteiger partial charge in [0.1, 0.15) is 11.5 Å². The largest absolute Gasteiger partial charge is 0.497 e. The minimum absolute atomic E-state index is 0.175. The van der Waals surface area contributed by atoms with Gasteiger partial charge in [0.15, 0.2) is 0 Å². The third kappa shape index (κ3) is 2.14. The third-order valence-corrected chi connectivity index (χ3v) is 3.22. The van der Waals surface area contributed by atoms with Crippen LogP contribution in [0, 0.1) is 5.92 Å². The van der Waals surface area contributed by atoms with Crippen molar-refractivity contribution in [3.63, 3.8) is 0 Å². The van der Waals surface area contributed by atoms with E-state index in [4.69, 9.17) is 9.47 Å². The molecule has 16 heavy (non-hydrogen) atoms. The maximum Gasteiger partial charge on any atom is 0.122 e. The number of benzene rings is 1. The first-order valence-electron chi connectivity index (χ1n) is 5.63. The Morgan fingerprint density at radius 3 is 2.56 bits per heavy atom. The summed E-state index contributed by atoms with van der Waals surface area (Å²) in [7, 11) is 3.31. The summed E-state index contributed by atoms with van der Waals surface area (Å²) in [5.41, 5.74) is 1.06. The molecule has 1 aliphatic carbocycles. The van der Waals surface area contributed by atoms with Crippen molar-refractivity contribution in [2.45, 2.75) is 18.8 Å². The Bertz CT molecular complexity index is 358. The molecule has 0 heterocycles. The van der Waals surface area contributed by atoms with Gasteiger partial charge in [-0.2, -0.15) is 0 Å². The van der Waals surface area contributed by atoms with Crippen molar-refractivity contribution in [2.75, 3.05) is 20.8 Å². The summed E-state index contributed by atoms with van der Waals surface area (Å²) in [6.07, 6.45) is 2.40. The van der Waals surface area contributed by atoms with Gasteiger partial charge in [-0.25, -0.2) is 0 Å². The molecule has 1 fully saturated rings. The van der Waals surface area contributed by atoms with Gasteiger partial charge in [0, 0.05) is 11.5 Å². The molecule has 1 aromatic carbocycles. The molecule has 0 saturated heterocycles. The molecule has 1 unspecified atom stereocenters. The van der Waals surface area contributed by atoms with E-state index in [0.717, 1.165) is 17.1 Å². The molecule has 88 valence electrons. The Labute approximate surface area is 96.0 Å². The van der Waals surface area contributed by atoms with Crippen LogP contribution in [0.4, 0.5) is 0 Å². The van der Waals surface area contributed by atoms with E-state index in [2.05, 4.69) is 0 Å². The molecule has 1 N–H and O–H groups in total. The summed E-state index contributed by atoms with van der Waals surface area (Å²) in [4.78, 5) is 0. The highest BCUT2D eigenvalue weighted by atomic mass is 16.5. The van der Waals surface area contributed by atoms with Crippen molar-refractivity contribution in [2.24, 2.45) is 5.92 Å². The number of aliphatic hydroxyl groups excluding tert-OH is 1. The van der Waals surface area contributed by atoms with Crippen molar-refractivity contribution >= 4 is 0 Å². The van der Waals surface area contributed by atoms with E-state index in [1.54, 1.807) is 14.2 Å². The molecule has 3 nitrogen and oxygen atoms in total. The smallest absolute Gasteiger partial charge is 0.122 e. The van der Waals surface area contributed by atoms with Crippen LogP contribution in [0.2, 0.25) is 0 Å². The van der Waals surface area contributed by atoms with Crippen molar-refractivity contribution < 1.29 is 14.6 Å². The topological polar surface area (TPSA) is 38.7 Å². The first kappa shape index (κ1) is 11.3. The number of methoxy groups -OCH3 is 2. The van der Waals surface area contributed by atoms with Crippen LogP contribution in [0.5, 0.6) is 11.5 Å². The summed E-state index contributed by atoms with van der Waals surface area (Å²) >= 11 is 0. The van der Waals surface area contributed by atoms with Gasteiger partial charge in [-0.3, -0.25) is 0 Å². The maximum atomic E-state index is 9.48. The van der Waals surface area contributed by atoms with Gasteiger partial charge >= 0.3 is 0 Å². The second-order valence-corrected chi connectivity index (χ2v) is 4.23. The molecule has 0 amide bonds. The predicted molar refractivity (Wildman–Crippen MR) is 62.1 cm³/mol. The number of hydrogen-bond acceptors (Lipinski definition) is 3. The van der Waals surface area contributed by atoms with E-state index in [1.807, 2.05) is 18.2 Å². The lowest BCUT2D eigenvalue weighted by atomic mass is 9.94.